The zero-order valence-electron chi connectivity index (χ0n) is 12.0. The Balaban J connectivity index is 1.72. The molecule has 1 aliphatic heterocycles. The number of hydrogen-bond acceptors (Lipinski definition) is 3. The molecule has 1 fully saturated rings. The Labute approximate surface area is 126 Å². The Hall–Kier alpha value is -1.76. The van der Waals surface area contributed by atoms with Gasteiger partial charge >= 0.3 is 12.1 Å². The maximum Gasteiger partial charge on any atom is 0.416 e. The minimum absolute atomic E-state index is 0.194. The van der Waals surface area contributed by atoms with Crippen molar-refractivity contribution in [3.8, 4) is 5.75 Å². The topological polar surface area (TPSA) is 49.8 Å². The number of halogens is 3. The number of likely N-dealkylation sites (tertiary alicyclic amines) is 1. The number of aliphatic carboxylic acids is 1. The first-order valence-corrected chi connectivity index (χ1v) is 7.11. The van der Waals surface area contributed by atoms with Crippen LogP contribution in [0.4, 0.5) is 13.2 Å². The highest BCUT2D eigenvalue weighted by atomic mass is 19.4. The number of hydrogen-bond donors (Lipinski definition) is 1. The molecule has 1 heterocycles. The van der Waals surface area contributed by atoms with E-state index in [4.69, 9.17) is 9.84 Å². The third-order valence-corrected chi connectivity index (χ3v) is 3.67. The average molecular weight is 317 g/mol. The highest BCUT2D eigenvalue weighted by Gasteiger charge is 2.30. The summed E-state index contributed by atoms with van der Waals surface area (Å²) in [7, 11) is 0. The Morgan fingerprint density at radius 1 is 1.41 bits per heavy atom. The molecule has 122 valence electrons. The number of benzene rings is 1. The molecular weight excluding hydrogens is 299 g/mol. The fraction of sp³-hybridized carbons (Fsp3) is 0.533. The smallest absolute Gasteiger partial charge is 0.416 e. The summed E-state index contributed by atoms with van der Waals surface area (Å²) < 4.78 is 43.0. The molecule has 1 aliphatic rings. The average Bonchev–Trinajstić information content (AvgIpc) is 2.92. The minimum Gasteiger partial charge on any atom is -0.494 e. The third kappa shape index (κ3) is 4.62. The quantitative estimate of drug-likeness (QED) is 0.820. The van der Waals surface area contributed by atoms with Crippen LogP contribution in [0.5, 0.6) is 5.75 Å². The molecule has 1 unspecified atom stereocenters. The third-order valence-electron chi connectivity index (χ3n) is 3.67. The van der Waals surface area contributed by atoms with Crippen molar-refractivity contribution in [2.45, 2.75) is 19.0 Å². The van der Waals surface area contributed by atoms with Crippen molar-refractivity contribution in [1.82, 2.24) is 4.90 Å². The molecule has 0 saturated carbocycles. The number of alkyl halides is 3. The number of carboxylic acid groups (broad SMARTS) is 1. The molecule has 1 aromatic rings. The Morgan fingerprint density at radius 2 is 2.18 bits per heavy atom. The van der Waals surface area contributed by atoms with Crippen LogP contribution >= 0.6 is 0 Å². The van der Waals surface area contributed by atoms with Crippen LogP contribution in [0.3, 0.4) is 0 Å². The number of ether oxygens (including phenoxy) is 1. The van der Waals surface area contributed by atoms with E-state index in [1.165, 1.54) is 12.1 Å². The second-order valence-electron chi connectivity index (χ2n) is 5.35. The summed E-state index contributed by atoms with van der Waals surface area (Å²) >= 11 is 0. The van der Waals surface area contributed by atoms with Crippen molar-refractivity contribution in [3.05, 3.63) is 29.8 Å². The Morgan fingerprint density at radius 3 is 2.82 bits per heavy atom. The highest BCUT2D eigenvalue weighted by molar-refractivity contribution is 5.70. The van der Waals surface area contributed by atoms with Gasteiger partial charge in [-0.05, 0) is 37.6 Å². The second-order valence-corrected chi connectivity index (χ2v) is 5.35. The first-order chi connectivity index (χ1) is 10.4. The first-order valence-electron chi connectivity index (χ1n) is 7.11. The molecule has 0 aliphatic carbocycles. The van der Waals surface area contributed by atoms with Gasteiger partial charge in [-0.3, -0.25) is 4.79 Å². The van der Waals surface area contributed by atoms with Crippen molar-refractivity contribution in [1.29, 1.82) is 0 Å². The van der Waals surface area contributed by atoms with E-state index in [2.05, 4.69) is 0 Å². The fourth-order valence-corrected chi connectivity index (χ4v) is 2.48. The van der Waals surface area contributed by atoms with Crippen LogP contribution in [0.15, 0.2) is 24.3 Å². The van der Waals surface area contributed by atoms with Crippen molar-refractivity contribution >= 4 is 5.97 Å². The molecule has 1 saturated heterocycles. The molecule has 4 nitrogen and oxygen atoms in total. The van der Waals surface area contributed by atoms with Crippen molar-refractivity contribution < 1.29 is 27.8 Å². The van der Waals surface area contributed by atoms with Crippen LogP contribution in [-0.4, -0.2) is 42.2 Å². The van der Waals surface area contributed by atoms with E-state index in [1.807, 2.05) is 4.90 Å². The minimum atomic E-state index is -4.37. The van der Waals surface area contributed by atoms with E-state index in [0.29, 0.717) is 32.5 Å². The lowest BCUT2D eigenvalue weighted by molar-refractivity contribution is -0.141. The molecule has 0 bridgehead atoms. The molecular formula is C15H18F3NO3. The summed E-state index contributed by atoms with van der Waals surface area (Å²) in [6.45, 7) is 2.25. The summed E-state index contributed by atoms with van der Waals surface area (Å²) in [5, 5.41) is 8.90. The fourth-order valence-electron chi connectivity index (χ4n) is 2.48. The summed E-state index contributed by atoms with van der Waals surface area (Å²) in [5.74, 6) is -0.897. The van der Waals surface area contributed by atoms with Crippen LogP contribution < -0.4 is 4.74 Å². The van der Waals surface area contributed by atoms with E-state index in [-0.39, 0.29) is 11.7 Å². The van der Waals surface area contributed by atoms with Gasteiger partial charge in [0.2, 0.25) is 0 Å². The molecule has 0 radical (unpaired) electrons. The lowest BCUT2D eigenvalue weighted by atomic mass is 10.1. The maximum absolute atomic E-state index is 12.6. The van der Waals surface area contributed by atoms with E-state index >= 15 is 0 Å². The molecule has 1 N–H and O–H groups in total. The van der Waals surface area contributed by atoms with Gasteiger partial charge in [-0.15, -0.1) is 0 Å². The van der Waals surface area contributed by atoms with Gasteiger partial charge in [-0.25, -0.2) is 0 Å². The maximum atomic E-state index is 12.6. The number of carbonyl (C=O) groups is 1. The van der Waals surface area contributed by atoms with Gasteiger partial charge in [-0.1, -0.05) is 6.07 Å². The largest absolute Gasteiger partial charge is 0.494 e. The normalized spacial score (nSPS) is 19.3. The zero-order valence-corrected chi connectivity index (χ0v) is 12.0. The van der Waals surface area contributed by atoms with Crippen LogP contribution in [0.25, 0.3) is 0 Å². The number of nitrogens with zero attached hydrogens (tertiary/aromatic N) is 1. The Bertz CT molecular complexity index is 519. The molecule has 7 heteroatoms. The van der Waals surface area contributed by atoms with E-state index in [0.717, 1.165) is 18.7 Å². The predicted molar refractivity (Wildman–Crippen MR) is 73.7 cm³/mol. The summed E-state index contributed by atoms with van der Waals surface area (Å²) in [4.78, 5) is 12.9. The van der Waals surface area contributed by atoms with Crippen LogP contribution in [-0.2, 0) is 11.0 Å². The van der Waals surface area contributed by atoms with E-state index in [1.54, 1.807) is 0 Å². The van der Waals surface area contributed by atoms with Gasteiger partial charge < -0.3 is 14.7 Å². The first kappa shape index (κ1) is 16.6. The van der Waals surface area contributed by atoms with Crippen molar-refractivity contribution in [3.63, 3.8) is 0 Å². The van der Waals surface area contributed by atoms with Crippen LogP contribution in [0, 0.1) is 5.92 Å². The monoisotopic (exact) mass is 317 g/mol. The van der Waals surface area contributed by atoms with Gasteiger partial charge in [0, 0.05) is 13.1 Å². The zero-order chi connectivity index (χ0) is 16.2. The van der Waals surface area contributed by atoms with Gasteiger partial charge in [0.1, 0.15) is 5.75 Å². The molecule has 1 aromatic carbocycles. The summed E-state index contributed by atoms with van der Waals surface area (Å²) in [5.41, 5.74) is -0.728. The lowest BCUT2D eigenvalue weighted by Crippen LogP contribution is -2.25. The molecule has 0 amide bonds. The van der Waals surface area contributed by atoms with Gasteiger partial charge in [0.05, 0.1) is 18.1 Å². The number of carboxylic acids is 1. The van der Waals surface area contributed by atoms with Gasteiger partial charge in [0.15, 0.2) is 0 Å². The highest BCUT2D eigenvalue weighted by Crippen LogP contribution is 2.31. The lowest BCUT2D eigenvalue weighted by Gasteiger charge is -2.15. The molecule has 1 atom stereocenters. The van der Waals surface area contributed by atoms with Crippen LogP contribution in [0.2, 0.25) is 0 Å². The molecule has 22 heavy (non-hydrogen) atoms. The predicted octanol–water partition coefficient (Wildman–Crippen LogP) is 2.88. The van der Waals surface area contributed by atoms with Crippen LogP contribution in [0.1, 0.15) is 18.4 Å². The van der Waals surface area contributed by atoms with Gasteiger partial charge in [0.25, 0.3) is 0 Å². The van der Waals surface area contributed by atoms with Crippen molar-refractivity contribution in [2.24, 2.45) is 5.92 Å². The SMILES string of the molecule is O=C(O)C1CCN(CCCOc2cccc(C(F)(F)F)c2)C1. The molecule has 2 rings (SSSR count). The van der Waals surface area contributed by atoms with E-state index in [9.17, 15) is 18.0 Å². The van der Waals surface area contributed by atoms with Gasteiger partial charge in [-0.2, -0.15) is 13.2 Å². The molecule has 0 aromatic heterocycles. The summed E-state index contributed by atoms with van der Waals surface area (Å²) in [6.07, 6.45) is -3.09. The van der Waals surface area contributed by atoms with E-state index < -0.39 is 17.7 Å². The van der Waals surface area contributed by atoms with Crippen molar-refractivity contribution in [2.75, 3.05) is 26.2 Å². The Kier molecular flexibility index (Phi) is 5.28. The molecule has 0 spiro atoms. The summed E-state index contributed by atoms with van der Waals surface area (Å²) in [6, 6.07) is 4.79. The number of rotatable bonds is 6. The standard InChI is InChI=1S/C15H18F3NO3/c16-15(17,18)12-3-1-4-13(9-12)22-8-2-6-19-7-5-11(10-19)14(20)21/h1,3-4,9,11H,2,5-8,10H2,(H,20,21). The second kappa shape index (κ2) is 7.00.